The highest BCUT2D eigenvalue weighted by Gasteiger charge is 2.22. The highest BCUT2D eigenvalue weighted by molar-refractivity contribution is 9.10. The first-order chi connectivity index (χ1) is 6.97. The van der Waals surface area contributed by atoms with Crippen molar-refractivity contribution in [2.75, 3.05) is 0 Å². The minimum Gasteiger partial charge on any atom is -0.258 e. The van der Waals surface area contributed by atoms with E-state index in [1.54, 1.807) is 0 Å². The van der Waals surface area contributed by atoms with Gasteiger partial charge in [-0.1, -0.05) is 0 Å². The summed E-state index contributed by atoms with van der Waals surface area (Å²) in [6, 6.07) is 0.777. The van der Waals surface area contributed by atoms with Crippen LogP contribution in [0.5, 0.6) is 0 Å². The number of rotatable bonds is 3. The highest BCUT2D eigenvalue weighted by Crippen LogP contribution is 2.31. The number of hydrogen-bond acceptors (Lipinski definition) is 3. The van der Waals surface area contributed by atoms with Crippen LogP contribution in [0.2, 0.25) is 0 Å². The minimum absolute atomic E-state index is 0.0656. The van der Waals surface area contributed by atoms with Crippen LogP contribution in [0.15, 0.2) is 10.7 Å². The molecular weight excluding hydrogens is 297 g/mol. The van der Waals surface area contributed by atoms with Crippen molar-refractivity contribution in [1.82, 2.24) is 4.98 Å². The molecule has 0 unspecified atom stereocenters. The molecule has 1 rings (SSSR count). The van der Waals surface area contributed by atoms with Crippen molar-refractivity contribution in [3.05, 3.63) is 32.0 Å². The monoisotopic (exact) mass is 300 g/mol. The third-order valence-electron chi connectivity index (χ3n) is 1.63. The first kappa shape index (κ1) is 12.3. The van der Waals surface area contributed by atoms with Crippen molar-refractivity contribution in [3.63, 3.8) is 0 Å². The molecule has 0 fully saturated rings. The molecule has 8 heteroatoms. The topological polar surface area (TPSA) is 56.0 Å². The molecule has 0 aromatic carbocycles. The van der Waals surface area contributed by atoms with Crippen molar-refractivity contribution in [2.45, 2.75) is 12.3 Å². The first-order valence-electron chi connectivity index (χ1n) is 3.65. The SMILES string of the molecule is O=[N+]([O-])c1cc(C(F)F)c(CCl)nc1Br. The molecule has 4 nitrogen and oxygen atoms in total. The molecule has 0 bridgehead atoms. The third kappa shape index (κ3) is 2.60. The molecule has 0 aliphatic rings. The summed E-state index contributed by atoms with van der Waals surface area (Å²) in [5, 5.41) is 10.5. The van der Waals surface area contributed by atoms with E-state index in [-0.39, 0.29) is 16.2 Å². The lowest BCUT2D eigenvalue weighted by molar-refractivity contribution is -0.386. The number of pyridine rings is 1. The molecule has 1 aromatic rings. The molecule has 0 aliphatic carbocycles. The summed E-state index contributed by atoms with van der Waals surface area (Å²) in [6.45, 7) is 0. The van der Waals surface area contributed by atoms with Crippen LogP contribution < -0.4 is 0 Å². The van der Waals surface area contributed by atoms with E-state index in [0.29, 0.717) is 0 Å². The number of halogens is 4. The van der Waals surface area contributed by atoms with E-state index < -0.39 is 22.6 Å². The van der Waals surface area contributed by atoms with Crippen molar-refractivity contribution >= 4 is 33.2 Å². The second-order valence-electron chi connectivity index (χ2n) is 2.53. The summed E-state index contributed by atoms with van der Waals surface area (Å²) in [5.41, 5.74) is -1.08. The van der Waals surface area contributed by atoms with Crippen LogP contribution in [0.1, 0.15) is 17.7 Å². The molecular formula is C7H4BrClF2N2O2. The molecule has 0 spiro atoms. The molecule has 0 atom stereocenters. The molecule has 15 heavy (non-hydrogen) atoms. The summed E-state index contributed by atoms with van der Waals surface area (Å²) in [6.07, 6.45) is -2.84. The number of nitro groups is 1. The smallest absolute Gasteiger partial charge is 0.258 e. The maximum Gasteiger partial charge on any atom is 0.302 e. The Kier molecular flexibility index (Phi) is 3.92. The summed E-state index contributed by atoms with van der Waals surface area (Å²) in [4.78, 5) is 13.3. The van der Waals surface area contributed by atoms with Gasteiger partial charge in [0.15, 0.2) is 4.60 Å². The number of aromatic nitrogens is 1. The zero-order chi connectivity index (χ0) is 11.6. The van der Waals surface area contributed by atoms with Gasteiger partial charge in [-0.3, -0.25) is 10.1 Å². The molecule has 0 saturated carbocycles. The van der Waals surface area contributed by atoms with E-state index in [1.165, 1.54) is 0 Å². The van der Waals surface area contributed by atoms with Gasteiger partial charge in [0.2, 0.25) is 0 Å². The molecule has 0 amide bonds. The zero-order valence-electron chi connectivity index (χ0n) is 7.08. The average Bonchev–Trinajstić information content (AvgIpc) is 2.16. The molecule has 0 radical (unpaired) electrons. The predicted molar refractivity (Wildman–Crippen MR) is 53.1 cm³/mol. The molecule has 0 N–H and O–H groups in total. The summed E-state index contributed by atoms with van der Waals surface area (Å²) < 4.78 is 24.8. The van der Waals surface area contributed by atoms with Gasteiger partial charge >= 0.3 is 5.69 Å². The molecule has 0 aliphatic heterocycles. The van der Waals surface area contributed by atoms with Gasteiger partial charge in [-0.2, -0.15) is 0 Å². The van der Waals surface area contributed by atoms with Gasteiger partial charge in [0.1, 0.15) is 0 Å². The van der Waals surface area contributed by atoms with Crippen LogP contribution in [0, 0.1) is 10.1 Å². The van der Waals surface area contributed by atoms with Crippen molar-refractivity contribution in [2.24, 2.45) is 0 Å². The maximum atomic E-state index is 12.5. The van der Waals surface area contributed by atoms with Crippen LogP contribution in [-0.4, -0.2) is 9.91 Å². The van der Waals surface area contributed by atoms with E-state index in [1.807, 2.05) is 0 Å². The lowest BCUT2D eigenvalue weighted by Crippen LogP contribution is -2.01. The Morgan fingerprint density at radius 2 is 2.27 bits per heavy atom. The van der Waals surface area contributed by atoms with Crippen molar-refractivity contribution in [3.8, 4) is 0 Å². The van der Waals surface area contributed by atoms with Gasteiger partial charge in [-0.25, -0.2) is 13.8 Å². The second kappa shape index (κ2) is 4.80. The number of nitrogens with zero attached hydrogens (tertiary/aromatic N) is 2. The van der Waals surface area contributed by atoms with Crippen LogP contribution >= 0.6 is 27.5 Å². The van der Waals surface area contributed by atoms with Crippen LogP contribution in [0.4, 0.5) is 14.5 Å². The predicted octanol–water partition coefficient (Wildman–Crippen LogP) is 3.43. The fourth-order valence-corrected chi connectivity index (χ4v) is 1.64. The number of alkyl halides is 3. The van der Waals surface area contributed by atoms with Gasteiger partial charge in [-0.05, 0) is 15.9 Å². The first-order valence-corrected chi connectivity index (χ1v) is 4.98. The van der Waals surface area contributed by atoms with E-state index in [0.717, 1.165) is 6.07 Å². The average molecular weight is 301 g/mol. The molecule has 1 aromatic heterocycles. The lowest BCUT2D eigenvalue weighted by atomic mass is 10.2. The van der Waals surface area contributed by atoms with E-state index in [9.17, 15) is 18.9 Å². The Hall–Kier alpha value is -0.820. The molecule has 1 heterocycles. The summed E-state index contributed by atoms with van der Waals surface area (Å²) in [5.74, 6) is -0.226. The van der Waals surface area contributed by atoms with Crippen molar-refractivity contribution < 1.29 is 13.7 Å². The quantitative estimate of drug-likeness (QED) is 0.372. The Balaban J connectivity index is 3.37. The largest absolute Gasteiger partial charge is 0.302 e. The molecule has 82 valence electrons. The Morgan fingerprint density at radius 3 is 2.67 bits per heavy atom. The summed E-state index contributed by atoms with van der Waals surface area (Å²) in [7, 11) is 0. The second-order valence-corrected chi connectivity index (χ2v) is 3.54. The fraction of sp³-hybridized carbons (Fsp3) is 0.286. The Bertz CT molecular complexity index is 403. The van der Waals surface area contributed by atoms with Crippen LogP contribution in [-0.2, 0) is 5.88 Å². The van der Waals surface area contributed by atoms with Gasteiger partial charge in [0.05, 0.1) is 16.5 Å². The summed E-state index contributed by atoms with van der Waals surface area (Å²) >= 11 is 8.21. The normalized spacial score (nSPS) is 10.7. The highest BCUT2D eigenvalue weighted by atomic mass is 79.9. The van der Waals surface area contributed by atoms with Gasteiger partial charge < -0.3 is 0 Å². The number of hydrogen-bond donors (Lipinski definition) is 0. The van der Waals surface area contributed by atoms with E-state index in [4.69, 9.17) is 11.6 Å². The van der Waals surface area contributed by atoms with Gasteiger partial charge in [-0.15, -0.1) is 11.6 Å². The van der Waals surface area contributed by atoms with Crippen LogP contribution in [0.3, 0.4) is 0 Å². The lowest BCUT2D eigenvalue weighted by Gasteiger charge is -2.05. The van der Waals surface area contributed by atoms with E-state index in [2.05, 4.69) is 20.9 Å². The minimum atomic E-state index is -2.84. The van der Waals surface area contributed by atoms with E-state index >= 15 is 0 Å². The zero-order valence-corrected chi connectivity index (χ0v) is 9.43. The Labute approximate surface area is 96.5 Å². The van der Waals surface area contributed by atoms with Crippen LogP contribution in [0.25, 0.3) is 0 Å². The standard InChI is InChI=1S/C7H4BrClF2N2O2/c8-6-5(13(14)15)1-3(7(10)11)4(2-9)12-6/h1,7H,2H2. The fourth-order valence-electron chi connectivity index (χ4n) is 0.954. The maximum absolute atomic E-state index is 12.5. The molecule has 0 saturated heterocycles. The van der Waals surface area contributed by atoms with Gasteiger partial charge in [0, 0.05) is 11.6 Å². The van der Waals surface area contributed by atoms with Gasteiger partial charge in [0.25, 0.3) is 6.43 Å². The Morgan fingerprint density at radius 1 is 1.67 bits per heavy atom. The third-order valence-corrected chi connectivity index (χ3v) is 2.47. The van der Waals surface area contributed by atoms with Crippen molar-refractivity contribution in [1.29, 1.82) is 0 Å².